The zero-order chi connectivity index (χ0) is 20.1. The Bertz CT molecular complexity index is 896. The van der Waals surface area contributed by atoms with E-state index in [0.29, 0.717) is 12.3 Å². The quantitative estimate of drug-likeness (QED) is 0.606. The van der Waals surface area contributed by atoms with Gasteiger partial charge in [-0.05, 0) is 75.6 Å². The summed E-state index contributed by atoms with van der Waals surface area (Å²) in [5.74, 6) is -0.405. The van der Waals surface area contributed by atoms with Gasteiger partial charge >= 0.3 is 0 Å². The molecule has 1 heterocycles. The molecule has 2 aromatic rings. The molecule has 0 aliphatic heterocycles. The first-order chi connectivity index (χ1) is 12.8. The van der Waals surface area contributed by atoms with Gasteiger partial charge in [-0.2, -0.15) is 5.26 Å². The van der Waals surface area contributed by atoms with Gasteiger partial charge in [0.2, 0.25) is 0 Å². The number of rotatable bonds is 6. The average molecular weight is 365 g/mol. The Morgan fingerprint density at radius 3 is 2.41 bits per heavy atom. The van der Waals surface area contributed by atoms with E-state index in [1.54, 1.807) is 13.2 Å². The van der Waals surface area contributed by atoms with Crippen molar-refractivity contribution in [2.45, 2.75) is 40.7 Å². The number of hydrogen-bond acceptors (Lipinski definition) is 3. The van der Waals surface area contributed by atoms with Gasteiger partial charge in [-0.15, -0.1) is 0 Å². The molecule has 1 N–H and O–H groups in total. The number of anilines is 1. The molecular weight excluding hydrogens is 338 g/mol. The highest BCUT2D eigenvalue weighted by Crippen LogP contribution is 2.23. The van der Waals surface area contributed by atoms with Crippen LogP contribution in [0.2, 0.25) is 0 Å². The van der Waals surface area contributed by atoms with Gasteiger partial charge in [0.05, 0.1) is 12.6 Å². The van der Waals surface area contributed by atoms with E-state index in [2.05, 4.69) is 16.8 Å². The number of carbonyl (C=O) groups is 1. The van der Waals surface area contributed by atoms with Gasteiger partial charge in [0.25, 0.3) is 5.91 Å². The largest absolute Gasteiger partial charge is 0.383 e. The number of aryl methyl sites for hydroxylation is 3. The van der Waals surface area contributed by atoms with Gasteiger partial charge in [-0.1, -0.05) is 6.07 Å². The molecule has 5 heteroatoms. The summed E-state index contributed by atoms with van der Waals surface area (Å²) in [6.07, 6.45) is 1.65. The third-order valence-electron chi connectivity index (χ3n) is 4.52. The van der Waals surface area contributed by atoms with E-state index in [9.17, 15) is 10.1 Å². The van der Waals surface area contributed by atoms with Crippen molar-refractivity contribution in [3.05, 3.63) is 57.9 Å². The number of nitrogens with zero attached hydrogens (tertiary/aromatic N) is 2. The lowest BCUT2D eigenvalue weighted by atomic mass is 10.1. The summed E-state index contributed by atoms with van der Waals surface area (Å²) in [6, 6.07) is 10.00. The topological polar surface area (TPSA) is 67.0 Å². The highest BCUT2D eigenvalue weighted by Gasteiger charge is 2.16. The first-order valence-electron chi connectivity index (χ1n) is 8.95. The van der Waals surface area contributed by atoms with Crippen molar-refractivity contribution in [1.29, 1.82) is 5.26 Å². The predicted molar refractivity (Wildman–Crippen MR) is 109 cm³/mol. The maximum absolute atomic E-state index is 12.6. The van der Waals surface area contributed by atoms with Crippen molar-refractivity contribution >= 4 is 17.7 Å². The summed E-state index contributed by atoms with van der Waals surface area (Å²) in [5.41, 5.74) is 5.82. The van der Waals surface area contributed by atoms with Crippen molar-refractivity contribution in [2.24, 2.45) is 0 Å². The molecule has 0 saturated heterocycles. The van der Waals surface area contributed by atoms with Crippen LogP contribution >= 0.6 is 0 Å². The van der Waals surface area contributed by atoms with Crippen LogP contribution in [0.25, 0.3) is 6.08 Å². The second-order valence-electron chi connectivity index (χ2n) is 7.00. The number of aromatic nitrogens is 1. The van der Waals surface area contributed by atoms with Gasteiger partial charge in [0, 0.05) is 24.2 Å². The van der Waals surface area contributed by atoms with Crippen molar-refractivity contribution in [1.82, 2.24) is 4.57 Å². The normalized spacial score (nSPS) is 12.6. The monoisotopic (exact) mass is 365 g/mol. The molecular formula is C22H27N3O2. The molecule has 1 unspecified atom stereocenters. The van der Waals surface area contributed by atoms with Crippen LogP contribution in [0, 0.1) is 39.0 Å². The molecule has 0 aliphatic carbocycles. The molecule has 142 valence electrons. The zero-order valence-electron chi connectivity index (χ0n) is 16.9. The number of nitrogens with one attached hydrogen (secondary N) is 1. The molecule has 1 aromatic heterocycles. The lowest BCUT2D eigenvalue weighted by Gasteiger charge is -2.17. The zero-order valence-corrected chi connectivity index (χ0v) is 16.9. The molecule has 0 fully saturated rings. The average Bonchev–Trinajstić information content (AvgIpc) is 2.85. The molecule has 27 heavy (non-hydrogen) atoms. The Kier molecular flexibility index (Phi) is 6.59. The van der Waals surface area contributed by atoms with Crippen LogP contribution in [-0.4, -0.2) is 24.2 Å². The molecule has 1 atom stereocenters. The van der Waals surface area contributed by atoms with E-state index in [1.165, 1.54) is 0 Å². The Balaban J connectivity index is 2.31. The summed E-state index contributed by atoms with van der Waals surface area (Å²) in [7, 11) is 1.68. The van der Waals surface area contributed by atoms with E-state index in [4.69, 9.17) is 4.74 Å². The van der Waals surface area contributed by atoms with Crippen molar-refractivity contribution in [3.63, 3.8) is 0 Å². The van der Waals surface area contributed by atoms with E-state index in [0.717, 1.165) is 28.1 Å². The van der Waals surface area contributed by atoms with E-state index >= 15 is 0 Å². The van der Waals surface area contributed by atoms with E-state index in [-0.39, 0.29) is 11.6 Å². The van der Waals surface area contributed by atoms with Gasteiger partial charge in [-0.3, -0.25) is 4.79 Å². The predicted octanol–water partition coefficient (Wildman–Crippen LogP) is 4.47. The fourth-order valence-electron chi connectivity index (χ4n) is 3.49. The minimum atomic E-state index is -0.405. The first kappa shape index (κ1) is 20.5. The second kappa shape index (κ2) is 8.70. The maximum Gasteiger partial charge on any atom is 0.266 e. The molecule has 0 spiro atoms. The molecule has 2 rings (SSSR count). The smallest absolute Gasteiger partial charge is 0.266 e. The summed E-state index contributed by atoms with van der Waals surface area (Å²) < 4.78 is 7.41. The fraction of sp³-hybridized carbons (Fsp3) is 0.364. The summed E-state index contributed by atoms with van der Waals surface area (Å²) in [6.45, 7) is 10.6. The molecule has 0 bridgehead atoms. The molecule has 1 aromatic carbocycles. The van der Waals surface area contributed by atoms with Crippen molar-refractivity contribution in [3.8, 4) is 6.07 Å². The highest BCUT2D eigenvalue weighted by atomic mass is 16.5. The second-order valence-corrected chi connectivity index (χ2v) is 7.00. The number of carbonyl (C=O) groups excluding carboxylic acids is 1. The number of amides is 1. The Morgan fingerprint density at radius 1 is 1.22 bits per heavy atom. The highest BCUT2D eigenvalue weighted by molar-refractivity contribution is 6.09. The van der Waals surface area contributed by atoms with Crippen molar-refractivity contribution in [2.75, 3.05) is 19.0 Å². The van der Waals surface area contributed by atoms with Gasteiger partial charge in [0.1, 0.15) is 11.6 Å². The Labute approximate surface area is 161 Å². The fourth-order valence-corrected chi connectivity index (χ4v) is 3.49. The molecule has 0 radical (unpaired) electrons. The molecule has 0 aliphatic rings. The Morgan fingerprint density at radius 2 is 1.85 bits per heavy atom. The van der Waals surface area contributed by atoms with Gasteiger partial charge in [-0.25, -0.2) is 0 Å². The van der Waals surface area contributed by atoms with Gasteiger partial charge < -0.3 is 14.6 Å². The minimum absolute atomic E-state index is 0.0776. The van der Waals surface area contributed by atoms with Crippen LogP contribution in [-0.2, 0) is 9.53 Å². The standard InChI is InChI=1S/C22H27N3O2/c1-14-7-15(2)9-21(8-14)24-22(26)20(12-23)11-19-10-16(3)25(18(19)5)17(4)13-27-6/h7-11,17H,13H2,1-6H3,(H,24,26)/b20-11+. The van der Waals surface area contributed by atoms with Crippen LogP contribution < -0.4 is 5.32 Å². The van der Waals surface area contributed by atoms with E-state index < -0.39 is 5.91 Å². The van der Waals surface area contributed by atoms with Crippen LogP contribution in [0.15, 0.2) is 29.8 Å². The lowest BCUT2D eigenvalue weighted by Crippen LogP contribution is -2.14. The number of methoxy groups -OCH3 is 1. The minimum Gasteiger partial charge on any atom is -0.383 e. The van der Waals surface area contributed by atoms with Crippen LogP contribution in [0.3, 0.4) is 0 Å². The van der Waals surface area contributed by atoms with E-state index in [1.807, 2.05) is 58.0 Å². The third kappa shape index (κ3) is 4.87. The summed E-state index contributed by atoms with van der Waals surface area (Å²) in [4.78, 5) is 12.6. The maximum atomic E-state index is 12.6. The van der Waals surface area contributed by atoms with Crippen molar-refractivity contribution < 1.29 is 9.53 Å². The number of hydrogen-bond donors (Lipinski definition) is 1. The molecule has 0 saturated carbocycles. The lowest BCUT2D eigenvalue weighted by molar-refractivity contribution is -0.112. The summed E-state index contributed by atoms with van der Waals surface area (Å²) in [5, 5.41) is 12.3. The third-order valence-corrected chi connectivity index (χ3v) is 4.52. The number of nitriles is 1. The summed E-state index contributed by atoms with van der Waals surface area (Å²) >= 11 is 0. The molecule has 5 nitrogen and oxygen atoms in total. The van der Waals surface area contributed by atoms with Gasteiger partial charge in [0.15, 0.2) is 0 Å². The molecule has 1 amide bonds. The SMILES string of the molecule is COCC(C)n1c(C)cc(/C=C(\C#N)C(=O)Nc2cc(C)cc(C)c2)c1C. The van der Waals surface area contributed by atoms with Crippen LogP contribution in [0.4, 0.5) is 5.69 Å². The van der Waals surface area contributed by atoms with Crippen LogP contribution in [0.1, 0.15) is 41.0 Å². The number of benzene rings is 1. The Hall–Kier alpha value is -2.84. The van der Waals surface area contributed by atoms with Crippen LogP contribution in [0.5, 0.6) is 0 Å². The number of ether oxygens (including phenoxy) is 1. The first-order valence-corrected chi connectivity index (χ1v) is 8.95.